The van der Waals surface area contributed by atoms with E-state index in [4.69, 9.17) is 4.99 Å². The number of rotatable bonds is 6. The summed E-state index contributed by atoms with van der Waals surface area (Å²) in [5.41, 5.74) is 0. The van der Waals surface area contributed by atoms with Gasteiger partial charge in [0.15, 0.2) is 11.8 Å². The van der Waals surface area contributed by atoms with Crippen LogP contribution in [0.15, 0.2) is 22.5 Å². The maximum Gasteiger partial charge on any atom is 0.192 e. The number of aromatic nitrogens is 3. The first-order valence-corrected chi connectivity index (χ1v) is 10.2. The second kappa shape index (κ2) is 8.53. The van der Waals surface area contributed by atoms with E-state index in [9.17, 15) is 0 Å². The third-order valence-corrected chi connectivity index (χ3v) is 6.37. The van der Waals surface area contributed by atoms with Gasteiger partial charge < -0.3 is 15.2 Å². The van der Waals surface area contributed by atoms with Crippen LogP contribution in [0.5, 0.6) is 0 Å². The smallest absolute Gasteiger partial charge is 0.192 e. The maximum absolute atomic E-state index is 4.70. The number of aliphatic imine (C=N–C) groups is 1. The van der Waals surface area contributed by atoms with Gasteiger partial charge in [-0.3, -0.25) is 0 Å². The Morgan fingerprint density at radius 1 is 1.42 bits per heavy atom. The Balaban J connectivity index is 1.60. The van der Waals surface area contributed by atoms with Crippen LogP contribution in [0.3, 0.4) is 0 Å². The van der Waals surface area contributed by atoms with Gasteiger partial charge in [0.05, 0.1) is 6.54 Å². The zero-order valence-electron chi connectivity index (χ0n) is 14.2. The number of nitrogens with zero attached hydrogens (tertiary/aromatic N) is 4. The van der Waals surface area contributed by atoms with Gasteiger partial charge in [-0.15, -0.1) is 21.5 Å². The summed E-state index contributed by atoms with van der Waals surface area (Å²) in [4.78, 5) is 6.00. The highest BCUT2D eigenvalue weighted by molar-refractivity contribution is 8.00. The lowest BCUT2D eigenvalue weighted by atomic mass is 10.2. The molecule has 0 bridgehead atoms. The second-order valence-corrected chi connectivity index (χ2v) is 8.28. The normalized spacial score (nSPS) is 18.1. The fraction of sp³-hybridized carbons (Fsp3) is 0.562. The van der Waals surface area contributed by atoms with Crippen molar-refractivity contribution >= 4 is 29.1 Å². The van der Waals surface area contributed by atoms with Gasteiger partial charge in [0.1, 0.15) is 12.4 Å². The summed E-state index contributed by atoms with van der Waals surface area (Å²) in [6.45, 7) is 4.22. The van der Waals surface area contributed by atoms with E-state index in [0.717, 1.165) is 30.7 Å². The Kier molecular flexibility index (Phi) is 6.14. The Morgan fingerprint density at radius 3 is 3.00 bits per heavy atom. The van der Waals surface area contributed by atoms with Crippen LogP contribution in [0, 0.1) is 6.92 Å². The molecule has 0 radical (unpaired) electrons. The highest BCUT2D eigenvalue weighted by Gasteiger charge is 2.15. The van der Waals surface area contributed by atoms with Gasteiger partial charge in [-0.2, -0.15) is 11.8 Å². The summed E-state index contributed by atoms with van der Waals surface area (Å²) in [5, 5.41) is 18.0. The lowest BCUT2D eigenvalue weighted by molar-refractivity contribution is 0.716. The van der Waals surface area contributed by atoms with Crippen molar-refractivity contribution in [2.24, 2.45) is 12.0 Å². The Morgan fingerprint density at radius 2 is 2.33 bits per heavy atom. The summed E-state index contributed by atoms with van der Waals surface area (Å²) in [6, 6.07) is 4.21. The molecule has 1 aliphatic rings. The average Bonchev–Trinajstić information content (AvgIpc) is 3.33. The molecule has 0 aliphatic carbocycles. The molecule has 130 valence electrons. The van der Waals surface area contributed by atoms with Crippen LogP contribution in [0.4, 0.5) is 0 Å². The summed E-state index contributed by atoms with van der Waals surface area (Å²) in [6.07, 6.45) is 2.61. The van der Waals surface area contributed by atoms with Crippen molar-refractivity contribution < 1.29 is 0 Å². The lowest BCUT2D eigenvalue weighted by Crippen LogP contribution is -2.39. The average molecular weight is 365 g/mol. The quantitative estimate of drug-likeness (QED) is 0.608. The van der Waals surface area contributed by atoms with Crippen molar-refractivity contribution in [1.82, 2.24) is 25.4 Å². The molecule has 0 aromatic carbocycles. The number of hydrogen-bond acceptors (Lipinski definition) is 5. The minimum absolute atomic E-state index is 0.523. The monoisotopic (exact) mass is 364 g/mol. The van der Waals surface area contributed by atoms with E-state index >= 15 is 0 Å². The molecular weight excluding hydrogens is 340 g/mol. The van der Waals surface area contributed by atoms with Crippen LogP contribution in [-0.4, -0.2) is 38.3 Å². The number of nitrogens with one attached hydrogen (secondary N) is 2. The van der Waals surface area contributed by atoms with E-state index in [1.54, 1.807) is 11.3 Å². The molecule has 1 saturated heterocycles. The standard InChI is InChI=1S/C16H24N6S2/c1-12-20-21-15(22(12)2)11-19-16(17-9-13-5-3-7-23-13)18-10-14-6-4-8-24-14/h3,5,7,14H,4,6,8-11H2,1-2H3,(H2,17,18,19). The maximum atomic E-state index is 4.70. The predicted octanol–water partition coefficient (Wildman–Crippen LogP) is 2.32. The summed E-state index contributed by atoms with van der Waals surface area (Å²) in [7, 11) is 1.97. The zero-order valence-corrected chi connectivity index (χ0v) is 15.8. The molecule has 1 fully saturated rings. The van der Waals surface area contributed by atoms with Crippen LogP contribution in [0.1, 0.15) is 29.4 Å². The molecule has 0 saturated carbocycles. The fourth-order valence-corrected chi connectivity index (χ4v) is 4.36. The van der Waals surface area contributed by atoms with E-state index in [2.05, 4.69) is 50.1 Å². The first-order valence-electron chi connectivity index (χ1n) is 8.23. The molecule has 2 aromatic rings. The van der Waals surface area contributed by atoms with Crippen LogP contribution >= 0.6 is 23.1 Å². The highest BCUT2D eigenvalue weighted by Crippen LogP contribution is 2.25. The lowest BCUT2D eigenvalue weighted by Gasteiger charge is -2.15. The van der Waals surface area contributed by atoms with Gasteiger partial charge in [-0.05, 0) is 37.0 Å². The molecule has 0 amide bonds. The van der Waals surface area contributed by atoms with E-state index in [-0.39, 0.29) is 0 Å². The number of thioether (sulfide) groups is 1. The summed E-state index contributed by atoms with van der Waals surface area (Å²) < 4.78 is 1.98. The van der Waals surface area contributed by atoms with Crippen molar-refractivity contribution in [3.05, 3.63) is 34.0 Å². The number of aryl methyl sites for hydroxylation is 1. The van der Waals surface area contributed by atoms with Gasteiger partial charge in [0.2, 0.25) is 0 Å². The summed E-state index contributed by atoms with van der Waals surface area (Å²) >= 11 is 3.80. The first-order chi connectivity index (χ1) is 11.7. The second-order valence-electron chi connectivity index (χ2n) is 5.84. The fourth-order valence-electron chi connectivity index (χ4n) is 2.51. The Bertz CT molecular complexity index is 658. The van der Waals surface area contributed by atoms with Crippen molar-refractivity contribution in [3.63, 3.8) is 0 Å². The third-order valence-electron chi connectivity index (χ3n) is 4.09. The zero-order chi connectivity index (χ0) is 16.8. The molecule has 3 rings (SSSR count). The van der Waals surface area contributed by atoms with Crippen LogP contribution < -0.4 is 10.6 Å². The molecule has 2 aromatic heterocycles. The summed E-state index contributed by atoms with van der Waals surface area (Å²) in [5.74, 6) is 3.90. The van der Waals surface area contributed by atoms with Crippen molar-refractivity contribution in [2.75, 3.05) is 12.3 Å². The molecule has 24 heavy (non-hydrogen) atoms. The van der Waals surface area contributed by atoms with Gasteiger partial charge >= 0.3 is 0 Å². The Labute approximate surface area is 151 Å². The molecular formula is C16H24N6S2. The molecule has 1 unspecified atom stereocenters. The van der Waals surface area contributed by atoms with E-state index < -0.39 is 0 Å². The molecule has 1 atom stereocenters. The molecule has 2 N–H and O–H groups in total. The first kappa shape index (κ1) is 17.3. The SMILES string of the molecule is Cc1nnc(CN=C(NCc2cccs2)NCC2CCCS2)n1C. The molecule has 0 spiro atoms. The van der Waals surface area contributed by atoms with E-state index in [1.807, 2.05) is 18.5 Å². The molecule has 6 nitrogen and oxygen atoms in total. The van der Waals surface area contributed by atoms with E-state index in [1.165, 1.54) is 23.5 Å². The predicted molar refractivity (Wildman–Crippen MR) is 102 cm³/mol. The molecule has 8 heteroatoms. The molecule has 1 aliphatic heterocycles. The topological polar surface area (TPSA) is 67.1 Å². The van der Waals surface area contributed by atoms with Gasteiger partial charge in [-0.25, -0.2) is 4.99 Å². The number of thiophene rings is 1. The minimum Gasteiger partial charge on any atom is -0.355 e. The minimum atomic E-state index is 0.523. The van der Waals surface area contributed by atoms with Crippen LogP contribution in [0.25, 0.3) is 0 Å². The van der Waals surface area contributed by atoms with Crippen molar-refractivity contribution in [3.8, 4) is 0 Å². The molecule has 3 heterocycles. The Hall–Kier alpha value is -1.54. The van der Waals surface area contributed by atoms with Gasteiger partial charge in [0.25, 0.3) is 0 Å². The van der Waals surface area contributed by atoms with Crippen LogP contribution in [-0.2, 0) is 20.1 Å². The third kappa shape index (κ3) is 4.73. The van der Waals surface area contributed by atoms with Gasteiger partial charge in [-0.1, -0.05) is 6.07 Å². The number of guanidine groups is 1. The van der Waals surface area contributed by atoms with E-state index in [0.29, 0.717) is 11.8 Å². The van der Waals surface area contributed by atoms with Gasteiger partial charge in [0, 0.05) is 23.7 Å². The van der Waals surface area contributed by atoms with Crippen molar-refractivity contribution in [1.29, 1.82) is 0 Å². The number of hydrogen-bond donors (Lipinski definition) is 2. The van der Waals surface area contributed by atoms with Crippen molar-refractivity contribution in [2.45, 2.75) is 38.1 Å². The largest absolute Gasteiger partial charge is 0.355 e. The highest BCUT2D eigenvalue weighted by atomic mass is 32.2. The van der Waals surface area contributed by atoms with Crippen LogP contribution in [0.2, 0.25) is 0 Å².